The third-order valence-electron chi connectivity index (χ3n) is 3.10. The molecule has 5 heteroatoms. The molecule has 1 aliphatic carbocycles. The maximum Gasteiger partial charge on any atom is 0.191 e. The maximum atomic E-state index is 5.85. The summed E-state index contributed by atoms with van der Waals surface area (Å²) in [6.45, 7) is 2.18. The number of hydrogen-bond acceptors (Lipinski definition) is 2. The average molecular weight is 379 g/mol. The first-order valence-corrected chi connectivity index (χ1v) is 6.86. The number of nitrogens with zero attached hydrogens (tertiary/aromatic N) is 1. The third-order valence-corrected chi connectivity index (χ3v) is 3.10. The first kappa shape index (κ1) is 18.5. The average Bonchev–Trinajstić information content (AvgIpc) is 2.43. The highest BCUT2D eigenvalue weighted by atomic mass is 127. The number of ether oxygens (including phenoxy) is 1. The van der Waals surface area contributed by atoms with E-state index in [2.05, 4.69) is 21.5 Å². The normalized spacial score (nSPS) is 16.3. The van der Waals surface area contributed by atoms with Crippen molar-refractivity contribution >= 4 is 29.9 Å². The maximum absolute atomic E-state index is 5.85. The van der Waals surface area contributed by atoms with Crippen LogP contribution in [0.25, 0.3) is 0 Å². The van der Waals surface area contributed by atoms with Crippen molar-refractivity contribution in [2.45, 2.75) is 44.6 Å². The van der Waals surface area contributed by atoms with Gasteiger partial charge in [0.15, 0.2) is 5.96 Å². The lowest BCUT2D eigenvalue weighted by Crippen LogP contribution is -2.38. The van der Waals surface area contributed by atoms with Gasteiger partial charge in [-0.15, -0.1) is 30.4 Å². The number of rotatable bonds is 6. The molecule has 0 bridgehead atoms. The molecule has 0 atom stereocenters. The van der Waals surface area contributed by atoms with Crippen molar-refractivity contribution in [3.05, 3.63) is 0 Å². The van der Waals surface area contributed by atoms with E-state index in [-0.39, 0.29) is 24.0 Å². The first-order valence-electron chi connectivity index (χ1n) is 6.86. The van der Waals surface area contributed by atoms with E-state index in [1.54, 1.807) is 7.05 Å². The van der Waals surface area contributed by atoms with Gasteiger partial charge >= 0.3 is 0 Å². The van der Waals surface area contributed by atoms with Gasteiger partial charge in [-0.25, -0.2) is 0 Å². The fourth-order valence-electron chi connectivity index (χ4n) is 2.12. The summed E-state index contributed by atoms with van der Waals surface area (Å²) in [4.78, 5) is 4.07. The zero-order valence-electron chi connectivity index (χ0n) is 11.8. The fourth-order valence-corrected chi connectivity index (χ4v) is 2.12. The van der Waals surface area contributed by atoms with E-state index in [4.69, 9.17) is 11.2 Å². The van der Waals surface area contributed by atoms with Crippen molar-refractivity contribution in [3.63, 3.8) is 0 Å². The van der Waals surface area contributed by atoms with Gasteiger partial charge in [-0.2, -0.15) is 0 Å². The van der Waals surface area contributed by atoms with Crippen LogP contribution in [-0.4, -0.2) is 38.8 Å². The summed E-state index contributed by atoms with van der Waals surface area (Å²) < 4.78 is 5.85. The molecule has 1 rings (SSSR count). The number of terminal acetylenes is 1. The Morgan fingerprint density at radius 1 is 1.32 bits per heavy atom. The van der Waals surface area contributed by atoms with E-state index >= 15 is 0 Å². The van der Waals surface area contributed by atoms with Gasteiger partial charge in [-0.3, -0.25) is 4.99 Å². The van der Waals surface area contributed by atoms with Crippen LogP contribution in [0.1, 0.15) is 38.5 Å². The Morgan fingerprint density at radius 2 is 2.05 bits per heavy atom. The summed E-state index contributed by atoms with van der Waals surface area (Å²) in [5.74, 6) is 3.28. The van der Waals surface area contributed by atoms with E-state index < -0.39 is 0 Å². The van der Waals surface area contributed by atoms with Crippen molar-refractivity contribution in [2.24, 2.45) is 4.99 Å². The van der Waals surface area contributed by atoms with Crippen LogP contribution >= 0.6 is 24.0 Å². The van der Waals surface area contributed by atoms with Crippen molar-refractivity contribution in [1.29, 1.82) is 0 Å². The molecule has 0 aromatic rings. The summed E-state index contributed by atoms with van der Waals surface area (Å²) in [6.07, 6.45) is 13.2. The van der Waals surface area contributed by atoms with Crippen molar-refractivity contribution in [1.82, 2.24) is 10.6 Å². The zero-order chi connectivity index (χ0) is 13.1. The number of hydrogen-bond donors (Lipinski definition) is 2. The van der Waals surface area contributed by atoms with E-state index in [0.717, 1.165) is 25.5 Å². The Labute approximate surface area is 134 Å². The molecule has 19 heavy (non-hydrogen) atoms. The predicted molar refractivity (Wildman–Crippen MR) is 91.1 cm³/mol. The second-order valence-electron chi connectivity index (χ2n) is 4.54. The summed E-state index contributed by atoms with van der Waals surface area (Å²) >= 11 is 0. The molecule has 0 aromatic heterocycles. The topological polar surface area (TPSA) is 45.7 Å². The van der Waals surface area contributed by atoms with Crippen LogP contribution in [0.3, 0.4) is 0 Å². The first-order chi connectivity index (χ1) is 8.86. The van der Waals surface area contributed by atoms with Gasteiger partial charge in [0.1, 0.15) is 0 Å². The number of halogens is 1. The van der Waals surface area contributed by atoms with Gasteiger partial charge < -0.3 is 15.4 Å². The quantitative estimate of drug-likeness (QED) is 0.244. The number of nitrogens with one attached hydrogen (secondary N) is 2. The minimum absolute atomic E-state index is 0. The van der Waals surface area contributed by atoms with E-state index in [1.807, 2.05) is 0 Å². The van der Waals surface area contributed by atoms with Crippen LogP contribution in [0.2, 0.25) is 0 Å². The predicted octanol–water partition coefficient (Wildman–Crippen LogP) is 2.14. The molecule has 0 aliphatic heterocycles. The molecule has 0 unspecified atom stereocenters. The molecule has 1 aliphatic rings. The van der Waals surface area contributed by atoms with Crippen LogP contribution in [0.4, 0.5) is 0 Å². The van der Waals surface area contributed by atoms with E-state index in [1.165, 1.54) is 32.1 Å². The molecule has 1 saturated carbocycles. The lowest BCUT2D eigenvalue weighted by atomic mass is 9.98. The lowest BCUT2D eigenvalue weighted by Gasteiger charge is -2.22. The van der Waals surface area contributed by atoms with Crippen molar-refractivity contribution < 1.29 is 4.74 Å². The van der Waals surface area contributed by atoms with Gasteiger partial charge in [-0.1, -0.05) is 25.2 Å². The summed E-state index contributed by atoms with van der Waals surface area (Å²) in [6, 6.07) is 0. The number of guanidine groups is 1. The monoisotopic (exact) mass is 379 g/mol. The van der Waals surface area contributed by atoms with Crippen molar-refractivity contribution in [3.8, 4) is 12.3 Å². The van der Waals surface area contributed by atoms with Gasteiger partial charge in [0.05, 0.1) is 12.6 Å². The highest BCUT2D eigenvalue weighted by Gasteiger charge is 2.12. The van der Waals surface area contributed by atoms with Crippen LogP contribution in [0, 0.1) is 12.3 Å². The molecular weight excluding hydrogens is 353 g/mol. The largest absolute Gasteiger partial charge is 0.378 e. The number of aliphatic imine (C=N–C) groups is 1. The third kappa shape index (κ3) is 9.11. The second-order valence-corrected chi connectivity index (χ2v) is 4.54. The molecule has 0 heterocycles. The molecule has 4 nitrogen and oxygen atoms in total. The Hall–Kier alpha value is -0.480. The van der Waals surface area contributed by atoms with Gasteiger partial charge in [-0.05, 0) is 19.3 Å². The Bertz CT molecular complexity index is 283. The van der Waals surface area contributed by atoms with Gasteiger partial charge in [0.2, 0.25) is 0 Å². The standard InChI is InChI=1S/C14H25N3O.HI/c1-3-10-16-14(15-2)17-11-7-12-18-13-8-5-4-6-9-13;/h1,13H,4-12H2,2H3,(H2,15,16,17);1H. The highest BCUT2D eigenvalue weighted by molar-refractivity contribution is 14.0. The molecule has 0 aromatic carbocycles. The smallest absolute Gasteiger partial charge is 0.191 e. The lowest BCUT2D eigenvalue weighted by molar-refractivity contribution is 0.0277. The Morgan fingerprint density at radius 3 is 2.68 bits per heavy atom. The summed E-state index contributed by atoms with van der Waals surface area (Å²) in [7, 11) is 1.74. The highest BCUT2D eigenvalue weighted by Crippen LogP contribution is 2.20. The molecule has 1 fully saturated rings. The molecule has 0 radical (unpaired) electrons. The van der Waals surface area contributed by atoms with Crippen LogP contribution in [0.5, 0.6) is 0 Å². The van der Waals surface area contributed by atoms with Crippen molar-refractivity contribution in [2.75, 3.05) is 26.7 Å². The Kier molecular flexibility index (Phi) is 12.2. The molecule has 0 spiro atoms. The van der Waals surface area contributed by atoms with Gasteiger partial charge in [0.25, 0.3) is 0 Å². The Balaban J connectivity index is 0.00000324. The molecular formula is C14H26IN3O. The van der Waals surface area contributed by atoms with Crippen LogP contribution in [-0.2, 0) is 4.74 Å². The minimum Gasteiger partial charge on any atom is -0.378 e. The summed E-state index contributed by atoms with van der Waals surface area (Å²) in [5, 5.41) is 6.23. The second kappa shape index (κ2) is 12.5. The minimum atomic E-state index is 0. The molecule has 0 amide bonds. The molecule has 2 N–H and O–H groups in total. The molecule has 110 valence electrons. The van der Waals surface area contributed by atoms with E-state index in [9.17, 15) is 0 Å². The fraction of sp³-hybridized carbons (Fsp3) is 0.786. The van der Waals surface area contributed by atoms with Crippen LogP contribution in [0.15, 0.2) is 4.99 Å². The van der Waals surface area contributed by atoms with E-state index in [0.29, 0.717) is 12.6 Å². The SMILES string of the molecule is C#CCNC(=NC)NCCCOC1CCCCC1.I. The molecule has 0 saturated heterocycles. The summed E-state index contributed by atoms with van der Waals surface area (Å²) in [5.41, 5.74) is 0. The van der Waals surface area contributed by atoms with Gasteiger partial charge in [0, 0.05) is 20.2 Å². The van der Waals surface area contributed by atoms with Crippen LogP contribution < -0.4 is 10.6 Å². The zero-order valence-corrected chi connectivity index (χ0v) is 14.1.